The number of fused-ring (bicyclic) bond motifs is 15. The van der Waals surface area contributed by atoms with E-state index in [1.54, 1.807) is 0 Å². The largest absolute Gasteiger partial charge is 0.462 e. The van der Waals surface area contributed by atoms with Crippen molar-refractivity contribution in [1.29, 1.82) is 0 Å². The van der Waals surface area contributed by atoms with Gasteiger partial charge >= 0.3 is 17.9 Å². The number of hydrogen-bond donors (Lipinski definition) is 0. The first-order chi connectivity index (χ1) is 47.6. The van der Waals surface area contributed by atoms with Crippen molar-refractivity contribution in [3.63, 3.8) is 0 Å². The Balaban J connectivity index is 0.000000161. The number of allylic oxidation sites excluding steroid dienone is 3. The predicted molar refractivity (Wildman–Crippen MR) is 401 cm³/mol. The Bertz CT molecular complexity index is 2510. The average Bonchev–Trinajstić information content (AvgIpc) is 1.72. The van der Waals surface area contributed by atoms with E-state index in [2.05, 4.69) is 62.3 Å². The van der Waals surface area contributed by atoms with E-state index in [0.29, 0.717) is 72.1 Å². The molecular formula is C90H144O9. The number of esters is 3. The molecule has 0 amide bonds. The molecule has 12 aliphatic rings. The summed E-state index contributed by atoms with van der Waals surface area (Å²) in [6.07, 6.45) is 64.5. The Morgan fingerprint density at radius 3 is 0.798 bits per heavy atom. The quantitative estimate of drug-likeness (QED) is 0.0392. The highest BCUT2D eigenvalue weighted by atomic mass is 16.6. The lowest BCUT2D eigenvalue weighted by atomic mass is 9.47. The molecule has 9 heteroatoms. The smallest absolute Gasteiger partial charge is 0.306 e. The number of carbonyl (C=O) groups is 6. The lowest BCUT2D eigenvalue weighted by Crippen LogP contribution is -2.51. The van der Waals surface area contributed by atoms with Crippen LogP contribution in [0, 0.1) is 85.8 Å². The summed E-state index contributed by atoms with van der Waals surface area (Å²) >= 11 is 0. The summed E-state index contributed by atoms with van der Waals surface area (Å²) in [5.41, 5.74) is 5.45. The van der Waals surface area contributed by atoms with Crippen LogP contribution in [0.25, 0.3) is 0 Å². The highest BCUT2D eigenvalue weighted by Crippen LogP contribution is 2.69. The summed E-state index contributed by atoms with van der Waals surface area (Å²) in [6, 6.07) is 0. The predicted octanol–water partition coefficient (Wildman–Crippen LogP) is 23.9. The van der Waals surface area contributed by atoms with E-state index < -0.39 is 0 Å². The minimum absolute atomic E-state index is 0.0431. The normalized spacial score (nSPS) is 37.7. The lowest BCUT2D eigenvalue weighted by molar-refractivity contribution is -0.160. The summed E-state index contributed by atoms with van der Waals surface area (Å²) in [5.74, 6) is 7.48. The molecule has 0 N–H and O–H groups in total. The van der Waals surface area contributed by atoms with Crippen LogP contribution in [0.4, 0.5) is 0 Å². The zero-order valence-electron chi connectivity index (χ0n) is 64.9. The van der Waals surface area contributed by atoms with E-state index in [1.165, 1.54) is 209 Å². The standard InChI is InChI=1S/3C30H48O3/c3*1-4-5-6-7-8-9-10-11-12-28(32)33-27-16-15-25-24-14-13-22-21-23(31)17-19-29(22,2)26(24)18-20-30(25,27)3/h3*21,24-27H,4-20H2,1-3H3/t3*24-,25-,26-,27-,29-,30-/m000/s1. The van der Waals surface area contributed by atoms with Gasteiger partial charge in [-0.25, -0.2) is 0 Å². The molecule has 0 heterocycles. The molecular weight excluding hydrogens is 1220 g/mol. The summed E-state index contributed by atoms with van der Waals surface area (Å²) in [4.78, 5) is 74.2. The maximum atomic E-state index is 12.7. The molecule has 0 unspecified atom stereocenters. The Morgan fingerprint density at radius 2 is 0.545 bits per heavy atom. The van der Waals surface area contributed by atoms with Crippen LogP contribution in [0.5, 0.6) is 0 Å². The Kier molecular flexibility index (Phi) is 28.1. The fourth-order valence-corrected chi connectivity index (χ4v) is 25.0. The fraction of sp³-hybridized carbons (Fsp3) is 0.867. The first-order valence-electron chi connectivity index (χ1n) is 42.9. The molecule has 0 saturated heterocycles. The van der Waals surface area contributed by atoms with Crippen molar-refractivity contribution in [3.8, 4) is 0 Å². The van der Waals surface area contributed by atoms with Crippen LogP contribution in [-0.2, 0) is 43.0 Å². The Hall–Kier alpha value is -3.36. The Morgan fingerprint density at radius 1 is 0.303 bits per heavy atom. The zero-order valence-corrected chi connectivity index (χ0v) is 64.9. The van der Waals surface area contributed by atoms with E-state index in [1.807, 2.05) is 18.2 Å². The molecule has 9 saturated carbocycles. The minimum atomic E-state index is 0.0431. The molecule has 12 rings (SSSR count). The van der Waals surface area contributed by atoms with Crippen LogP contribution in [0.15, 0.2) is 34.9 Å². The number of unbranched alkanes of at least 4 members (excludes halogenated alkanes) is 21. The molecule has 0 aromatic carbocycles. The first kappa shape index (κ1) is 78.2. The summed E-state index contributed by atoms with van der Waals surface area (Å²) in [7, 11) is 0. The van der Waals surface area contributed by atoms with Gasteiger partial charge in [0.15, 0.2) is 17.3 Å². The second-order valence-electron chi connectivity index (χ2n) is 36.9. The highest BCUT2D eigenvalue weighted by Gasteiger charge is 2.63. The molecule has 99 heavy (non-hydrogen) atoms. The molecule has 0 spiro atoms. The van der Waals surface area contributed by atoms with Crippen molar-refractivity contribution in [2.24, 2.45) is 85.8 Å². The maximum Gasteiger partial charge on any atom is 0.306 e. The molecule has 9 nitrogen and oxygen atoms in total. The van der Waals surface area contributed by atoms with Gasteiger partial charge in [-0.15, -0.1) is 0 Å². The van der Waals surface area contributed by atoms with Gasteiger partial charge in [0.2, 0.25) is 0 Å². The van der Waals surface area contributed by atoms with Crippen LogP contribution in [0.2, 0.25) is 0 Å². The van der Waals surface area contributed by atoms with Gasteiger partial charge in [0.25, 0.3) is 0 Å². The van der Waals surface area contributed by atoms with Crippen molar-refractivity contribution < 1.29 is 43.0 Å². The fourth-order valence-electron chi connectivity index (χ4n) is 25.0. The van der Waals surface area contributed by atoms with Gasteiger partial charge in [0.1, 0.15) is 18.3 Å². The van der Waals surface area contributed by atoms with Gasteiger partial charge < -0.3 is 14.2 Å². The third kappa shape index (κ3) is 18.0. The number of ether oxygens (including phenoxy) is 3. The van der Waals surface area contributed by atoms with Gasteiger partial charge in [-0.1, -0.05) is 214 Å². The van der Waals surface area contributed by atoms with E-state index in [0.717, 1.165) is 133 Å². The van der Waals surface area contributed by atoms with Crippen molar-refractivity contribution in [3.05, 3.63) is 34.9 Å². The lowest BCUT2D eigenvalue weighted by Gasteiger charge is -2.57. The SMILES string of the molecule is CCCCCCCCCCC(=O)O[C@H]1CC[C@H]2[C@@H]3CCC4=CC(=O)CC[C@]4(C)[C@H]3CC[C@]12C.CCCCCCCCCCC(=O)O[C@H]1CC[C@H]2[C@@H]3CCC4=CC(=O)CC[C@]4(C)[C@H]3CC[C@]12C.CCCCCCCCCCC(=O)O[C@H]1CC[C@H]2[C@@H]3CCC4=CC(=O)CC[C@]4(C)[C@H]3CC[C@]12C. The molecule has 0 bridgehead atoms. The molecule has 0 aliphatic heterocycles. The van der Waals surface area contributed by atoms with Crippen LogP contribution in [0.1, 0.15) is 390 Å². The second-order valence-corrected chi connectivity index (χ2v) is 36.9. The van der Waals surface area contributed by atoms with Gasteiger partial charge in [-0.05, 0) is 242 Å². The Labute approximate surface area is 603 Å². The molecule has 0 aromatic heterocycles. The number of carbonyl (C=O) groups excluding carboxylic acids is 6. The number of ketones is 3. The van der Waals surface area contributed by atoms with Crippen molar-refractivity contribution in [2.75, 3.05) is 0 Å². The second kappa shape index (κ2) is 35.6. The third-order valence-corrected chi connectivity index (χ3v) is 31.1. The molecule has 9 fully saturated rings. The first-order valence-corrected chi connectivity index (χ1v) is 42.9. The molecule has 18 atom stereocenters. The van der Waals surface area contributed by atoms with Gasteiger partial charge in [-0.3, -0.25) is 28.8 Å². The van der Waals surface area contributed by atoms with E-state index in [-0.39, 0.29) is 68.7 Å². The maximum absolute atomic E-state index is 12.7. The van der Waals surface area contributed by atoms with Crippen LogP contribution in [-0.4, -0.2) is 53.6 Å². The van der Waals surface area contributed by atoms with E-state index in [4.69, 9.17) is 14.2 Å². The summed E-state index contributed by atoms with van der Waals surface area (Å²) < 4.78 is 18.5. The number of hydrogen-bond acceptors (Lipinski definition) is 9. The average molecular weight is 1370 g/mol. The van der Waals surface area contributed by atoms with E-state index >= 15 is 0 Å². The zero-order chi connectivity index (χ0) is 70.4. The molecule has 12 aliphatic carbocycles. The molecule has 558 valence electrons. The molecule has 0 aromatic rings. The molecule has 0 radical (unpaired) electrons. The number of rotatable bonds is 30. The van der Waals surface area contributed by atoms with Crippen molar-refractivity contribution >= 4 is 35.3 Å². The van der Waals surface area contributed by atoms with Crippen LogP contribution in [0.3, 0.4) is 0 Å². The van der Waals surface area contributed by atoms with Crippen LogP contribution >= 0.6 is 0 Å². The summed E-state index contributed by atoms with van der Waals surface area (Å²) in [5, 5.41) is 0. The third-order valence-electron chi connectivity index (χ3n) is 31.1. The van der Waals surface area contributed by atoms with Gasteiger partial charge in [0, 0.05) is 54.8 Å². The highest BCUT2D eigenvalue weighted by molar-refractivity contribution is 5.92. The monoisotopic (exact) mass is 1370 g/mol. The minimum Gasteiger partial charge on any atom is -0.462 e. The van der Waals surface area contributed by atoms with Crippen molar-refractivity contribution in [1.82, 2.24) is 0 Å². The van der Waals surface area contributed by atoms with E-state index in [9.17, 15) is 28.8 Å². The van der Waals surface area contributed by atoms with Crippen LogP contribution < -0.4 is 0 Å². The summed E-state index contributed by atoms with van der Waals surface area (Å²) in [6.45, 7) is 21.4. The topological polar surface area (TPSA) is 130 Å². The van der Waals surface area contributed by atoms with Gasteiger partial charge in [-0.2, -0.15) is 0 Å². The van der Waals surface area contributed by atoms with Crippen molar-refractivity contribution in [2.45, 2.75) is 408 Å². The van der Waals surface area contributed by atoms with Gasteiger partial charge in [0.05, 0.1) is 0 Å².